The smallest absolute Gasteiger partial charge is 0.550 e. The average Bonchev–Trinajstić information content (AvgIpc) is 2.34. The number of hydrogen-bond acceptors (Lipinski definition) is 12. The summed E-state index contributed by atoms with van der Waals surface area (Å²) in [6, 6.07) is 0. The molecule has 0 fully saturated rings. The number of carbonyl (C=O) groups excluding carboxylic acids is 4. The Kier molecular flexibility index (Phi) is 30.1. The molecule has 0 bridgehead atoms. The molecule has 14 nitrogen and oxygen atoms in total. The second-order valence-corrected chi connectivity index (χ2v) is 4.87. The molecule has 1 unspecified atom stereocenters. The second-order valence-electron chi connectivity index (χ2n) is 4.87. The van der Waals surface area contributed by atoms with Gasteiger partial charge in [-0.2, -0.15) is 0 Å². The molecule has 0 rings (SSSR count). The van der Waals surface area contributed by atoms with E-state index in [4.69, 9.17) is 20.4 Å². The van der Waals surface area contributed by atoms with Gasteiger partial charge < -0.3 is 60.0 Å². The van der Waals surface area contributed by atoms with Gasteiger partial charge in [0, 0.05) is 37.2 Å². The first-order valence-corrected chi connectivity index (χ1v) is 6.26. The van der Waals surface area contributed by atoms with Crippen molar-refractivity contribution in [2.75, 3.05) is 0 Å². The van der Waals surface area contributed by atoms with Gasteiger partial charge in [-0.05, 0) is 0 Å². The van der Waals surface area contributed by atoms with Gasteiger partial charge in [-0.25, -0.2) is 4.79 Å². The van der Waals surface area contributed by atoms with E-state index in [9.17, 15) is 49.2 Å². The summed E-state index contributed by atoms with van der Waals surface area (Å²) in [4.78, 5) is 60.3. The monoisotopic (exact) mass is 472 g/mol. The van der Waals surface area contributed by atoms with Crippen LogP contribution in [0.3, 0.4) is 0 Å². The van der Waals surface area contributed by atoms with Crippen LogP contribution in [0.2, 0.25) is 0 Å². The van der Waals surface area contributed by atoms with Gasteiger partial charge in [-0.15, -0.1) is 0 Å². The van der Waals surface area contributed by atoms with Crippen molar-refractivity contribution in [3.8, 4) is 0 Å². The van der Waals surface area contributed by atoms with Gasteiger partial charge in [0.15, 0.2) is 5.60 Å². The molecule has 0 saturated carbocycles. The van der Waals surface area contributed by atoms with E-state index in [0.717, 1.165) is 0 Å². The molecule has 4 N–H and O–H groups in total. The number of aliphatic hydroxyl groups is 2. The number of carboxylic acids is 6. The molecule has 0 aliphatic rings. The topological polar surface area (TPSA) is 276 Å². The molecule has 0 aromatic heterocycles. The average molecular weight is 472 g/mol. The molecule has 0 aromatic carbocycles. The normalized spacial score (nSPS) is 11.0. The number of rotatable bonds is 10. The zero-order valence-corrected chi connectivity index (χ0v) is 24.7. The van der Waals surface area contributed by atoms with Gasteiger partial charge in [0.05, 0.1) is 12.4 Å². The van der Waals surface area contributed by atoms with Crippen molar-refractivity contribution in [1.29, 1.82) is 0 Å². The van der Waals surface area contributed by atoms with Crippen LogP contribution in [-0.2, 0) is 28.8 Å². The third kappa shape index (κ3) is 20.6. The largest absolute Gasteiger partial charge is 1.00 e. The zero-order valence-electron chi connectivity index (χ0n) is 16.7. The van der Waals surface area contributed by atoms with E-state index in [-0.39, 0.29) is 118 Å². The number of hydrogen-bond donors (Lipinski definition) is 4. The first-order valence-electron chi connectivity index (χ1n) is 6.26. The quantitative estimate of drug-likeness (QED) is 0.215. The molecule has 18 heteroatoms. The van der Waals surface area contributed by atoms with Gasteiger partial charge in [0.2, 0.25) is 0 Å². The first-order chi connectivity index (χ1) is 11.6. The minimum Gasteiger partial charge on any atom is -0.550 e. The predicted octanol–water partition coefficient (Wildman–Crippen LogP) is -19.8. The van der Waals surface area contributed by atoms with Crippen molar-refractivity contribution in [2.45, 2.75) is 36.9 Å². The van der Waals surface area contributed by atoms with Crippen molar-refractivity contribution in [2.24, 2.45) is 0 Å². The summed E-state index contributed by atoms with van der Waals surface area (Å²) >= 11 is 0. The van der Waals surface area contributed by atoms with Gasteiger partial charge in [-0.1, -0.05) is 0 Å². The van der Waals surface area contributed by atoms with E-state index in [0.29, 0.717) is 0 Å². The summed E-state index contributed by atoms with van der Waals surface area (Å²) in [6.07, 6.45) is -5.16. The van der Waals surface area contributed by atoms with E-state index in [1.165, 1.54) is 0 Å². The Hall–Kier alpha value is 0.740. The Morgan fingerprint density at radius 1 is 0.567 bits per heavy atom. The third-order valence-electron chi connectivity index (χ3n) is 2.53. The maximum absolute atomic E-state index is 10.3. The van der Waals surface area contributed by atoms with Crippen LogP contribution in [0.15, 0.2) is 0 Å². The SMILES string of the molecule is O=C([O-])CC(O)(CC(=O)O)C(=O)O.O=C([O-])CC(O)(CC(=O)[O-])C(=O)[O-].[Na+].[Na+].[Na+].[Na+]. The van der Waals surface area contributed by atoms with Crippen LogP contribution in [0.4, 0.5) is 0 Å². The molecule has 0 heterocycles. The molecule has 148 valence electrons. The van der Waals surface area contributed by atoms with Gasteiger partial charge in [0.25, 0.3) is 0 Å². The van der Waals surface area contributed by atoms with Crippen LogP contribution in [0.1, 0.15) is 25.7 Å². The summed E-state index contributed by atoms with van der Waals surface area (Å²) in [5.74, 6) is -11.3. The van der Waals surface area contributed by atoms with Crippen molar-refractivity contribution in [1.82, 2.24) is 0 Å². The maximum atomic E-state index is 10.3. The Morgan fingerprint density at radius 2 is 0.833 bits per heavy atom. The Balaban J connectivity index is -0.0000000847. The van der Waals surface area contributed by atoms with Gasteiger partial charge in [0.1, 0.15) is 5.60 Å². The second kappa shape index (κ2) is 20.4. The standard InChI is InChI=1S/2C6H8O7.4Na/c2*7-3(8)1-6(13,5(11)12)2-4(9)10;;;;/h2*13H,1-2H2,(H,7,8)(H,9,10)(H,11,12);;;;/q;;4*+1/p-4. The predicted molar refractivity (Wildman–Crippen MR) is 63.7 cm³/mol. The molecule has 0 spiro atoms. The molecule has 0 amide bonds. The minimum atomic E-state index is -2.97. The Morgan fingerprint density at radius 3 is 1.00 bits per heavy atom. The van der Waals surface area contributed by atoms with Crippen molar-refractivity contribution in [3.63, 3.8) is 0 Å². The molecule has 0 aliphatic heterocycles. The van der Waals surface area contributed by atoms with E-state index < -0.39 is 72.7 Å². The molecule has 30 heavy (non-hydrogen) atoms. The molecular weight excluding hydrogens is 460 g/mol. The summed E-state index contributed by atoms with van der Waals surface area (Å²) < 4.78 is 0. The van der Waals surface area contributed by atoms with Crippen LogP contribution in [-0.4, -0.2) is 67.4 Å². The minimum absolute atomic E-state index is 0. The molecule has 0 aromatic rings. The Bertz CT molecular complexity index is 524. The van der Waals surface area contributed by atoms with Crippen LogP contribution in [0, 0.1) is 0 Å². The summed E-state index contributed by atoms with van der Waals surface area (Å²) in [7, 11) is 0. The number of carboxylic acid groups (broad SMARTS) is 6. The molecule has 1 atom stereocenters. The fraction of sp³-hybridized carbons (Fsp3) is 0.500. The van der Waals surface area contributed by atoms with Crippen LogP contribution >= 0.6 is 0 Å². The van der Waals surface area contributed by atoms with Gasteiger partial charge in [-0.3, -0.25) is 4.79 Å². The molecule has 0 radical (unpaired) electrons. The Labute approximate surface area is 257 Å². The van der Waals surface area contributed by atoms with Crippen molar-refractivity contribution in [3.05, 3.63) is 0 Å². The summed E-state index contributed by atoms with van der Waals surface area (Å²) in [5.41, 5.74) is -5.78. The molecule has 0 aliphatic carbocycles. The zero-order chi connectivity index (χ0) is 21.3. The van der Waals surface area contributed by atoms with Crippen LogP contribution in [0.25, 0.3) is 0 Å². The third-order valence-corrected chi connectivity index (χ3v) is 2.53. The van der Waals surface area contributed by atoms with E-state index in [1.807, 2.05) is 0 Å². The first kappa shape index (κ1) is 44.4. The molecular formula is C12H12Na4O14. The summed E-state index contributed by atoms with van der Waals surface area (Å²) in [6.45, 7) is 0. The fourth-order valence-electron chi connectivity index (χ4n) is 1.39. The number of aliphatic carboxylic acids is 6. The van der Waals surface area contributed by atoms with E-state index in [1.54, 1.807) is 0 Å². The fourth-order valence-corrected chi connectivity index (χ4v) is 1.39. The van der Waals surface area contributed by atoms with Crippen LogP contribution in [0.5, 0.6) is 0 Å². The van der Waals surface area contributed by atoms with Crippen LogP contribution < -0.4 is 139 Å². The summed E-state index contributed by atoms with van der Waals surface area (Å²) in [5, 5.41) is 74.4. The maximum Gasteiger partial charge on any atom is 1.00 e. The van der Waals surface area contributed by atoms with Crippen molar-refractivity contribution < 1.29 is 188 Å². The van der Waals surface area contributed by atoms with E-state index >= 15 is 0 Å². The van der Waals surface area contributed by atoms with E-state index in [2.05, 4.69) is 0 Å². The molecule has 0 saturated heterocycles. The number of carbonyl (C=O) groups is 6. The van der Waals surface area contributed by atoms with Gasteiger partial charge >= 0.3 is 130 Å². The van der Waals surface area contributed by atoms with Crippen molar-refractivity contribution >= 4 is 35.8 Å².